The number of hydrogen-bond acceptors (Lipinski definition) is 4. The van der Waals surface area contributed by atoms with Crippen LogP contribution in [0.4, 0.5) is 0 Å². The van der Waals surface area contributed by atoms with Crippen LogP contribution >= 0.6 is 0 Å². The minimum Gasteiger partial charge on any atom is -0.346 e. The first-order valence-electron chi connectivity index (χ1n) is 8.16. The zero-order valence-corrected chi connectivity index (χ0v) is 12.9. The molecule has 2 unspecified atom stereocenters. The van der Waals surface area contributed by atoms with Crippen LogP contribution in [0.2, 0.25) is 0 Å². The second kappa shape index (κ2) is 4.19. The molecule has 1 spiro atoms. The second-order valence-corrected chi connectivity index (χ2v) is 7.61. The Labute approximate surface area is 121 Å². The maximum atomic E-state index is 6.23. The summed E-state index contributed by atoms with van der Waals surface area (Å²) in [5.41, 5.74) is -0.389. The van der Waals surface area contributed by atoms with Crippen LogP contribution in [0.15, 0.2) is 0 Å². The molecule has 114 valence electrons. The van der Waals surface area contributed by atoms with Crippen LogP contribution in [-0.4, -0.2) is 23.8 Å². The van der Waals surface area contributed by atoms with E-state index < -0.39 is 5.79 Å². The highest BCUT2D eigenvalue weighted by molar-refractivity contribution is 5.09. The van der Waals surface area contributed by atoms with E-state index in [1.165, 1.54) is 12.8 Å². The molecule has 4 heteroatoms. The highest BCUT2D eigenvalue weighted by Gasteiger charge is 2.68. The van der Waals surface area contributed by atoms with Crippen molar-refractivity contribution in [3.63, 3.8) is 0 Å². The predicted octanol–water partition coefficient (Wildman–Crippen LogP) is 3.26. The van der Waals surface area contributed by atoms with E-state index in [-0.39, 0.29) is 18.0 Å². The van der Waals surface area contributed by atoms with Crippen molar-refractivity contribution >= 4 is 0 Å². The lowest BCUT2D eigenvalue weighted by molar-refractivity contribution is -0.570. The van der Waals surface area contributed by atoms with Gasteiger partial charge in [0, 0.05) is 12.3 Å². The van der Waals surface area contributed by atoms with Crippen LogP contribution in [0.1, 0.15) is 53.4 Å². The van der Waals surface area contributed by atoms with Gasteiger partial charge in [0.2, 0.25) is 5.79 Å². The Kier molecular flexibility index (Phi) is 2.83. The minimum atomic E-state index is -0.641. The summed E-state index contributed by atoms with van der Waals surface area (Å²) in [5, 5.41) is 0. The van der Waals surface area contributed by atoms with E-state index in [1.54, 1.807) is 0 Å². The van der Waals surface area contributed by atoms with Crippen LogP contribution in [-0.2, 0) is 19.2 Å². The topological polar surface area (TPSA) is 36.9 Å². The molecule has 0 radical (unpaired) electrons. The normalized spacial score (nSPS) is 61.8. The first kappa shape index (κ1) is 13.5. The maximum Gasteiger partial charge on any atom is 0.201 e. The van der Waals surface area contributed by atoms with Crippen LogP contribution in [0.5, 0.6) is 0 Å². The molecule has 4 aliphatic heterocycles. The highest BCUT2D eigenvalue weighted by atomic mass is 17.3. The molecule has 0 N–H and O–H groups in total. The molecule has 0 aromatic rings. The molecule has 1 saturated carbocycles. The van der Waals surface area contributed by atoms with E-state index in [4.69, 9.17) is 19.2 Å². The van der Waals surface area contributed by atoms with Crippen molar-refractivity contribution in [2.24, 2.45) is 23.7 Å². The average Bonchev–Trinajstić information content (AvgIpc) is 2.63. The third-order valence-electron chi connectivity index (χ3n) is 6.49. The first-order valence-corrected chi connectivity index (χ1v) is 8.16. The van der Waals surface area contributed by atoms with E-state index in [1.807, 2.05) is 6.92 Å². The van der Waals surface area contributed by atoms with E-state index in [0.29, 0.717) is 23.7 Å². The molecule has 2 bridgehead atoms. The van der Waals surface area contributed by atoms with Gasteiger partial charge in [0.15, 0.2) is 11.9 Å². The van der Waals surface area contributed by atoms with Crippen molar-refractivity contribution < 1.29 is 19.2 Å². The Morgan fingerprint density at radius 1 is 0.950 bits per heavy atom. The van der Waals surface area contributed by atoms with Gasteiger partial charge in [0.1, 0.15) is 0 Å². The second-order valence-electron chi connectivity index (χ2n) is 7.61. The molecular formula is C16H26O4. The summed E-state index contributed by atoms with van der Waals surface area (Å²) in [6, 6.07) is 0. The monoisotopic (exact) mass is 282 g/mol. The summed E-state index contributed by atoms with van der Waals surface area (Å²) >= 11 is 0. The summed E-state index contributed by atoms with van der Waals surface area (Å²) < 4.78 is 12.5. The molecule has 5 fully saturated rings. The van der Waals surface area contributed by atoms with Gasteiger partial charge in [0.25, 0.3) is 0 Å². The van der Waals surface area contributed by atoms with Crippen molar-refractivity contribution in [1.82, 2.24) is 0 Å². The van der Waals surface area contributed by atoms with Gasteiger partial charge in [-0.1, -0.05) is 13.8 Å². The summed E-state index contributed by atoms with van der Waals surface area (Å²) in [7, 11) is 0. The van der Waals surface area contributed by atoms with Crippen LogP contribution in [0.3, 0.4) is 0 Å². The fourth-order valence-corrected chi connectivity index (χ4v) is 5.08. The van der Waals surface area contributed by atoms with Crippen LogP contribution in [0.25, 0.3) is 0 Å². The van der Waals surface area contributed by atoms with Crippen LogP contribution < -0.4 is 0 Å². The van der Waals surface area contributed by atoms with Crippen molar-refractivity contribution in [3.05, 3.63) is 0 Å². The van der Waals surface area contributed by atoms with Gasteiger partial charge in [-0.05, 0) is 50.9 Å². The van der Waals surface area contributed by atoms with E-state index in [0.717, 1.165) is 12.8 Å². The maximum absolute atomic E-state index is 6.23. The fourth-order valence-electron chi connectivity index (χ4n) is 5.08. The molecule has 5 rings (SSSR count). The zero-order valence-electron chi connectivity index (χ0n) is 12.9. The number of rotatable bonds is 0. The van der Waals surface area contributed by atoms with Gasteiger partial charge in [-0.2, -0.15) is 0 Å². The molecule has 1 aliphatic carbocycles. The van der Waals surface area contributed by atoms with Gasteiger partial charge in [-0.3, -0.25) is 0 Å². The summed E-state index contributed by atoms with van der Waals surface area (Å²) in [5.74, 6) is 1.44. The van der Waals surface area contributed by atoms with Gasteiger partial charge < -0.3 is 9.47 Å². The largest absolute Gasteiger partial charge is 0.346 e. The molecule has 4 nitrogen and oxygen atoms in total. The van der Waals surface area contributed by atoms with E-state index >= 15 is 0 Å². The lowest BCUT2D eigenvalue weighted by Crippen LogP contribution is -2.70. The molecule has 20 heavy (non-hydrogen) atoms. The molecule has 0 amide bonds. The number of ether oxygens (including phenoxy) is 2. The van der Waals surface area contributed by atoms with E-state index in [9.17, 15) is 0 Å². The summed E-state index contributed by atoms with van der Waals surface area (Å²) in [6.45, 7) is 8.77. The summed E-state index contributed by atoms with van der Waals surface area (Å²) in [6.07, 6.45) is 4.41. The third kappa shape index (κ3) is 1.57. The Morgan fingerprint density at radius 3 is 2.55 bits per heavy atom. The highest BCUT2D eigenvalue weighted by Crippen LogP contribution is 2.60. The van der Waals surface area contributed by atoms with Gasteiger partial charge in [-0.25, -0.2) is 9.78 Å². The molecular weight excluding hydrogens is 256 g/mol. The van der Waals surface area contributed by atoms with Crippen LogP contribution in [0, 0.1) is 23.7 Å². The molecule has 0 aromatic carbocycles. The molecule has 4 heterocycles. The Balaban J connectivity index is 1.82. The first-order chi connectivity index (χ1) is 9.46. The zero-order chi connectivity index (χ0) is 14.1. The van der Waals surface area contributed by atoms with Crippen molar-refractivity contribution in [3.8, 4) is 0 Å². The predicted molar refractivity (Wildman–Crippen MR) is 72.5 cm³/mol. The van der Waals surface area contributed by atoms with Gasteiger partial charge >= 0.3 is 0 Å². The Hall–Kier alpha value is -0.160. The smallest absolute Gasteiger partial charge is 0.201 e. The Morgan fingerprint density at radius 2 is 1.75 bits per heavy atom. The van der Waals surface area contributed by atoms with Crippen molar-refractivity contribution in [2.75, 3.05) is 0 Å². The third-order valence-corrected chi connectivity index (χ3v) is 6.49. The quantitative estimate of drug-likeness (QED) is 0.639. The van der Waals surface area contributed by atoms with Crippen molar-refractivity contribution in [1.29, 1.82) is 0 Å². The molecule has 4 saturated heterocycles. The standard InChI is InChI=1S/C16H26O4/c1-9-5-6-13-10(2)11(3)17-14-16(13)12(9)7-8-15(4,18-14)19-20-16/h9-14H,5-8H2,1-4H3/t9-,10+,11?,12+,13+,14-,15+,16?/m0/s1. The summed E-state index contributed by atoms with van der Waals surface area (Å²) in [4.78, 5) is 11.8. The average molecular weight is 282 g/mol. The fraction of sp³-hybridized carbons (Fsp3) is 1.00. The van der Waals surface area contributed by atoms with Gasteiger partial charge in [0.05, 0.1) is 6.10 Å². The lowest BCUT2D eigenvalue weighted by Gasteiger charge is -2.60. The molecule has 8 atom stereocenters. The number of fused-ring (bicyclic) bond motifs is 2. The minimum absolute atomic E-state index is 0.219. The van der Waals surface area contributed by atoms with Crippen molar-refractivity contribution in [2.45, 2.75) is 77.2 Å². The van der Waals surface area contributed by atoms with E-state index in [2.05, 4.69) is 20.8 Å². The van der Waals surface area contributed by atoms with Gasteiger partial charge in [-0.15, -0.1) is 0 Å². The Bertz CT molecular complexity index is 409. The lowest BCUT2D eigenvalue weighted by atomic mass is 9.57. The molecule has 0 aromatic heterocycles. The SMILES string of the molecule is CC1O[C@H]2O[C@@]3(C)CC[C@@H]4[C@@H](C)CC[C@H]([C@@H]1C)C24OO3. The number of hydrogen-bond donors (Lipinski definition) is 0. The molecule has 5 aliphatic rings.